The van der Waals surface area contributed by atoms with Gasteiger partial charge in [0.25, 0.3) is 0 Å². The zero-order valence-corrected chi connectivity index (χ0v) is 14.8. The van der Waals surface area contributed by atoms with Gasteiger partial charge in [-0.25, -0.2) is 0 Å². The van der Waals surface area contributed by atoms with Crippen LogP contribution in [0.15, 0.2) is 0 Å². The Bertz CT molecular complexity index is 338. The van der Waals surface area contributed by atoms with Crippen LogP contribution in [0.4, 0.5) is 0 Å². The summed E-state index contributed by atoms with van der Waals surface area (Å²) < 4.78 is 0. The van der Waals surface area contributed by atoms with E-state index >= 15 is 0 Å². The summed E-state index contributed by atoms with van der Waals surface area (Å²) in [5.74, 6) is 0.0470. The molecule has 1 fully saturated rings. The number of nitrogens with one attached hydrogen (secondary N) is 1. The van der Waals surface area contributed by atoms with E-state index < -0.39 is 0 Å². The number of amides is 2. The molecule has 2 amide bonds. The summed E-state index contributed by atoms with van der Waals surface area (Å²) in [7, 11) is 0. The maximum atomic E-state index is 12.1. The fraction of sp³-hybridized carbons (Fsp3) is 0.875. The summed E-state index contributed by atoms with van der Waals surface area (Å²) in [6, 6.07) is 0. The Balaban J connectivity index is 0.00000441. The van der Waals surface area contributed by atoms with Gasteiger partial charge in [-0.2, -0.15) is 0 Å². The quantitative estimate of drug-likeness (QED) is 0.679. The summed E-state index contributed by atoms with van der Waals surface area (Å²) >= 11 is 0. The number of nitrogens with zero attached hydrogens (tertiary/aromatic N) is 1. The molecule has 0 unspecified atom stereocenters. The topological polar surface area (TPSA) is 75.4 Å². The summed E-state index contributed by atoms with van der Waals surface area (Å²) in [5.41, 5.74) is 5.59. The zero-order chi connectivity index (χ0) is 15.7. The molecule has 1 rings (SSSR count). The number of carbonyl (C=O) groups excluding carboxylic acids is 2. The molecule has 0 aromatic carbocycles. The molecule has 0 heterocycles. The van der Waals surface area contributed by atoms with Crippen molar-refractivity contribution in [2.75, 3.05) is 19.6 Å². The van der Waals surface area contributed by atoms with Gasteiger partial charge < -0.3 is 16.0 Å². The van der Waals surface area contributed by atoms with Gasteiger partial charge >= 0.3 is 0 Å². The van der Waals surface area contributed by atoms with Crippen molar-refractivity contribution in [1.82, 2.24) is 10.2 Å². The lowest BCUT2D eigenvalue weighted by molar-refractivity contribution is -0.134. The standard InChI is InChI=1S/C16H31N3O2.ClH/c1-3-11-19(12-4-2)15(21)8-7-14(20)18-16(13-17)9-5-6-10-16;/h3-13,17H2,1-2H3,(H,18,20);1H. The van der Waals surface area contributed by atoms with Crippen LogP contribution in [-0.4, -0.2) is 41.9 Å². The van der Waals surface area contributed by atoms with Crippen LogP contribution >= 0.6 is 12.4 Å². The van der Waals surface area contributed by atoms with Crippen molar-refractivity contribution in [2.24, 2.45) is 5.73 Å². The van der Waals surface area contributed by atoms with Crippen LogP contribution in [0, 0.1) is 0 Å². The molecule has 22 heavy (non-hydrogen) atoms. The van der Waals surface area contributed by atoms with E-state index in [1.165, 1.54) is 0 Å². The number of rotatable bonds is 9. The van der Waals surface area contributed by atoms with Crippen molar-refractivity contribution in [2.45, 2.75) is 70.8 Å². The predicted molar refractivity (Wildman–Crippen MR) is 92.0 cm³/mol. The Hall–Kier alpha value is -0.810. The van der Waals surface area contributed by atoms with Gasteiger partial charge in [-0.3, -0.25) is 9.59 Å². The Morgan fingerprint density at radius 3 is 2.09 bits per heavy atom. The second kappa shape index (κ2) is 10.8. The van der Waals surface area contributed by atoms with E-state index in [1.807, 2.05) is 4.90 Å². The number of halogens is 1. The van der Waals surface area contributed by atoms with Gasteiger partial charge in [0.05, 0.1) is 5.54 Å². The molecule has 6 heteroatoms. The van der Waals surface area contributed by atoms with Crippen LogP contribution in [0.5, 0.6) is 0 Å². The van der Waals surface area contributed by atoms with Crippen molar-refractivity contribution in [3.8, 4) is 0 Å². The maximum Gasteiger partial charge on any atom is 0.223 e. The fourth-order valence-corrected chi connectivity index (χ4v) is 3.07. The van der Waals surface area contributed by atoms with E-state index in [0.717, 1.165) is 51.6 Å². The summed E-state index contributed by atoms with van der Waals surface area (Å²) in [6.07, 6.45) is 6.63. The largest absolute Gasteiger partial charge is 0.349 e. The van der Waals surface area contributed by atoms with E-state index in [0.29, 0.717) is 13.0 Å². The molecule has 0 atom stereocenters. The van der Waals surface area contributed by atoms with Crippen molar-refractivity contribution in [1.29, 1.82) is 0 Å². The molecule has 0 radical (unpaired) electrons. The number of hydrogen-bond acceptors (Lipinski definition) is 3. The van der Waals surface area contributed by atoms with Crippen molar-refractivity contribution in [3.05, 3.63) is 0 Å². The Labute approximate surface area is 140 Å². The van der Waals surface area contributed by atoms with Crippen LogP contribution < -0.4 is 11.1 Å². The number of carbonyl (C=O) groups is 2. The first-order valence-corrected chi connectivity index (χ1v) is 8.35. The fourth-order valence-electron chi connectivity index (χ4n) is 3.07. The highest BCUT2D eigenvalue weighted by Gasteiger charge is 2.33. The molecule has 0 bridgehead atoms. The minimum absolute atomic E-state index is 0. The average molecular weight is 334 g/mol. The first kappa shape index (κ1) is 21.2. The lowest BCUT2D eigenvalue weighted by atomic mass is 9.97. The molecular weight excluding hydrogens is 302 g/mol. The lowest BCUT2D eigenvalue weighted by Gasteiger charge is -2.29. The molecule has 0 saturated heterocycles. The molecule has 0 aromatic rings. The Morgan fingerprint density at radius 1 is 1.09 bits per heavy atom. The van der Waals surface area contributed by atoms with Crippen LogP contribution in [0.1, 0.15) is 65.2 Å². The summed E-state index contributed by atoms with van der Waals surface area (Å²) in [5, 5.41) is 3.07. The van der Waals surface area contributed by atoms with Gasteiger partial charge in [-0.05, 0) is 25.7 Å². The Kier molecular flexibility index (Phi) is 10.4. The normalized spacial score (nSPS) is 16.0. The van der Waals surface area contributed by atoms with E-state index in [-0.39, 0.29) is 36.2 Å². The highest BCUT2D eigenvalue weighted by atomic mass is 35.5. The number of nitrogens with two attached hydrogens (primary N) is 1. The third-order valence-corrected chi connectivity index (χ3v) is 4.26. The second-order valence-corrected chi connectivity index (χ2v) is 6.12. The molecule has 5 nitrogen and oxygen atoms in total. The molecule has 3 N–H and O–H groups in total. The van der Waals surface area contributed by atoms with Crippen LogP contribution in [-0.2, 0) is 9.59 Å². The molecule has 1 aliphatic rings. The highest BCUT2D eigenvalue weighted by Crippen LogP contribution is 2.28. The molecule has 0 aliphatic heterocycles. The van der Waals surface area contributed by atoms with E-state index in [9.17, 15) is 9.59 Å². The first-order chi connectivity index (χ1) is 10.1. The molecule has 130 valence electrons. The van der Waals surface area contributed by atoms with Crippen LogP contribution in [0.25, 0.3) is 0 Å². The zero-order valence-electron chi connectivity index (χ0n) is 14.0. The number of hydrogen-bond donors (Lipinski definition) is 2. The second-order valence-electron chi connectivity index (χ2n) is 6.12. The SMILES string of the molecule is CCCN(CCC)C(=O)CCC(=O)NC1(CN)CCCC1.Cl. The van der Waals surface area contributed by atoms with Gasteiger partial charge in [0.15, 0.2) is 0 Å². The van der Waals surface area contributed by atoms with Gasteiger partial charge in [0.2, 0.25) is 11.8 Å². The maximum absolute atomic E-state index is 12.1. The highest BCUT2D eigenvalue weighted by molar-refractivity contribution is 5.85. The van der Waals surface area contributed by atoms with E-state index in [2.05, 4.69) is 19.2 Å². The predicted octanol–water partition coefficient (Wildman–Crippen LogP) is 2.22. The third kappa shape index (κ3) is 6.53. The minimum Gasteiger partial charge on any atom is -0.349 e. The lowest BCUT2D eigenvalue weighted by Crippen LogP contribution is -2.51. The first-order valence-electron chi connectivity index (χ1n) is 8.35. The van der Waals surface area contributed by atoms with Crippen molar-refractivity contribution >= 4 is 24.2 Å². The Morgan fingerprint density at radius 2 is 1.64 bits per heavy atom. The molecule has 1 saturated carbocycles. The molecular formula is C16H32ClN3O2. The minimum atomic E-state index is -0.216. The molecule has 0 spiro atoms. The summed E-state index contributed by atoms with van der Waals surface area (Å²) in [4.78, 5) is 26.1. The van der Waals surface area contributed by atoms with Crippen LogP contribution in [0.3, 0.4) is 0 Å². The van der Waals surface area contributed by atoms with E-state index in [1.54, 1.807) is 0 Å². The van der Waals surface area contributed by atoms with Gasteiger partial charge in [-0.15, -0.1) is 12.4 Å². The third-order valence-electron chi connectivity index (χ3n) is 4.26. The van der Waals surface area contributed by atoms with Crippen LogP contribution in [0.2, 0.25) is 0 Å². The average Bonchev–Trinajstić information content (AvgIpc) is 2.93. The van der Waals surface area contributed by atoms with Gasteiger partial charge in [0.1, 0.15) is 0 Å². The molecule has 1 aliphatic carbocycles. The van der Waals surface area contributed by atoms with Gasteiger partial charge in [-0.1, -0.05) is 26.7 Å². The monoisotopic (exact) mass is 333 g/mol. The van der Waals surface area contributed by atoms with E-state index in [4.69, 9.17) is 5.73 Å². The summed E-state index contributed by atoms with van der Waals surface area (Å²) in [6.45, 7) is 6.17. The van der Waals surface area contributed by atoms with Crippen molar-refractivity contribution < 1.29 is 9.59 Å². The van der Waals surface area contributed by atoms with Gasteiger partial charge in [0, 0.05) is 32.5 Å². The molecule has 0 aromatic heterocycles. The smallest absolute Gasteiger partial charge is 0.223 e. The van der Waals surface area contributed by atoms with Crippen molar-refractivity contribution in [3.63, 3.8) is 0 Å².